The summed E-state index contributed by atoms with van der Waals surface area (Å²) in [6.07, 6.45) is 2.75. The van der Waals surface area contributed by atoms with E-state index in [2.05, 4.69) is 53.9 Å². The maximum absolute atomic E-state index is 10.5. The third-order valence-corrected chi connectivity index (χ3v) is 10.2. The van der Waals surface area contributed by atoms with Gasteiger partial charge in [0.2, 0.25) is 0 Å². The number of azide groups is 1. The lowest BCUT2D eigenvalue weighted by Crippen LogP contribution is -2.47. The molecule has 1 heterocycles. The van der Waals surface area contributed by atoms with E-state index in [0.29, 0.717) is 17.3 Å². The van der Waals surface area contributed by atoms with Crippen LogP contribution in [0.2, 0.25) is 18.1 Å². The predicted molar refractivity (Wildman–Crippen MR) is 105 cm³/mol. The van der Waals surface area contributed by atoms with Gasteiger partial charge in [0.15, 0.2) is 13.5 Å². The Balaban J connectivity index is 3.33. The van der Waals surface area contributed by atoms with Gasteiger partial charge in [-0.15, -0.1) is 0 Å². The average molecular weight is 384 g/mol. The number of hydrogen-bond acceptors (Lipinski definition) is 6. The molecule has 0 aromatic carbocycles. The first-order valence-electron chi connectivity index (χ1n) is 8.17. The first-order valence-corrected chi connectivity index (χ1v) is 12.3. The van der Waals surface area contributed by atoms with Crippen molar-refractivity contribution in [2.45, 2.75) is 69.4 Å². The fraction of sp³-hybridized carbons (Fsp3) is 0.750. The summed E-state index contributed by atoms with van der Waals surface area (Å²) in [6, 6.07) is 0. The Morgan fingerprint density at radius 3 is 2.44 bits per heavy atom. The first-order chi connectivity index (χ1) is 11.4. The number of nitrogens with zero attached hydrogens (tertiary/aromatic N) is 5. The molecule has 0 saturated carbocycles. The number of aliphatic hydroxyl groups excluding tert-OH is 1. The molecule has 0 fully saturated rings. The third-order valence-electron chi connectivity index (χ3n) is 5.14. The quantitative estimate of drug-likeness (QED) is 0.182. The molecule has 0 amide bonds. The third kappa shape index (κ3) is 4.95. The molecule has 140 valence electrons. The van der Waals surface area contributed by atoms with Crippen LogP contribution in [0.3, 0.4) is 0 Å². The van der Waals surface area contributed by atoms with Crippen LogP contribution in [-0.4, -0.2) is 42.4 Å². The van der Waals surface area contributed by atoms with E-state index in [1.165, 1.54) is 11.8 Å². The summed E-state index contributed by atoms with van der Waals surface area (Å²) in [4.78, 5) is 11.5. The number of thioether (sulfide) groups is 1. The molecule has 1 aromatic rings. The van der Waals surface area contributed by atoms with Crippen LogP contribution >= 0.6 is 11.8 Å². The molecule has 1 rings (SSSR count). The fourth-order valence-electron chi connectivity index (χ4n) is 1.95. The van der Waals surface area contributed by atoms with Crippen molar-refractivity contribution in [1.82, 2.24) is 9.97 Å². The lowest BCUT2D eigenvalue weighted by atomic mass is 9.79. The molecule has 0 spiro atoms. The summed E-state index contributed by atoms with van der Waals surface area (Å²) < 4.78 is 6.35. The molecule has 0 aliphatic carbocycles. The van der Waals surface area contributed by atoms with E-state index in [1.54, 1.807) is 13.1 Å². The summed E-state index contributed by atoms with van der Waals surface area (Å²) in [5.74, 6) is 0.240. The van der Waals surface area contributed by atoms with Gasteiger partial charge in [-0.05, 0) is 42.0 Å². The van der Waals surface area contributed by atoms with Crippen molar-refractivity contribution in [3.63, 3.8) is 0 Å². The molecule has 1 aromatic heterocycles. The Kier molecular flexibility index (Phi) is 7.06. The van der Waals surface area contributed by atoms with Crippen molar-refractivity contribution in [1.29, 1.82) is 0 Å². The van der Waals surface area contributed by atoms with E-state index >= 15 is 0 Å². The molecule has 0 saturated heterocycles. The molecule has 9 heteroatoms. The summed E-state index contributed by atoms with van der Waals surface area (Å²) in [7, 11) is -2.01. The van der Waals surface area contributed by atoms with Crippen LogP contribution in [0.1, 0.15) is 40.2 Å². The summed E-state index contributed by atoms with van der Waals surface area (Å²) >= 11 is 1.37. The normalized spacial score (nSPS) is 16.0. The Labute approximate surface area is 155 Å². The van der Waals surface area contributed by atoms with Crippen LogP contribution in [0.4, 0.5) is 5.82 Å². The topological polar surface area (TPSA) is 104 Å². The largest absolute Gasteiger partial charge is 0.416 e. The van der Waals surface area contributed by atoms with Crippen LogP contribution in [0.25, 0.3) is 10.4 Å². The van der Waals surface area contributed by atoms with E-state index < -0.39 is 19.8 Å². The zero-order valence-electron chi connectivity index (χ0n) is 16.4. The standard InChI is InChI=1S/C16H29N5O2SSi/c1-11(22)16(5,10-23-25(7,8)15(2,3)4)12-9-18-14(24-6)19-13(12)20-21-17/h9,11,22H,10H2,1-8H3/t11-,16+/m1/s1. The lowest BCUT2D eigenvalue weighted by Gasteiger charge is -2.41. The number of aliphatic hydroxyl groups is 1. The summed E-state index contributed by atoms with van der Waals surface area (Å²) in [5.41, 5.74) is 8.69. The van der Waals surface area contributed by atoms with Crippen LogP contribution in [-0.2, 0) is 9.84 Å². The molecular weight excluding hydrogens is 354 g/mol. The molecule has 7 nitrogen and oxygen atoms in total. The van der Waals surface area contributed by atoms with Gasteiger partial charge < -0.3 is 9.53 Å². The highest BCUT2D eigenvalue weighted by molar-refractivity contribution is 7.98. The molecule has 0 unspecified atom stereocenters. The highest BCUT2D eigenvalue weighted by Gasteiger charge is 2.42. The molecule has 2 atom stereocenters. The van der Waals surface area contributed by atoms with Crippen LogP contribution in [0.5, 0.6) is 0 Å². The van der Waals surface area contributed by atoms with Gasteiger partial charge in [0, 0.05) is 28.7 Å². The minimum Gasteiger partial charge on any atom is -0.416 e. The second kappa shape index (κ2) is 8.05. The van der Waals surface area contributed by atoms with E-state index in [0.717, 1.165) is 0 Å². The van der Waals surface area contributed by atoms with Crippen LogP contribution in [0.15, 0.2) is 16.5 Å². The van der Waals surface area contributed by atoms with Crippen molar-refractivity contribution in [2.75, 3.05) is 12.9 Å². The van der Waals surface area contributed by atoms with Gasteiger partial charge in [-0.25, -0.2) is 9.97 Å². The van der Waals surface area contributed by atoms with Crippen LogP contribution in [0, 0.1) is 0 Å². The van der Waals surface area contributed by atoms with E-state index in [4.69, 9.17) is 9.96 Å². The van der Waals surface area contributed by atoms with Crippen molar-refractivity contribution in [2.24, 2.45) is 5.11 Å². The minimum absolute atomic E-state index is 0.0550. The second-order valence-corrected chi connectivity index (χ2v) is 13.5. The van der Waals surface area contributed by atoms with E-state index in [-0.39, 0.29) is 10.9 Å². The first kappa shape index (κ1) is 21.9. The number of rotatable bonds is 7. The van der Waals surface area contributed by atoms with Gasteiger partial charge in [-0.3, -0.25) is 0 Å². The maximum Gasteiger partial charge on any atom is 0.192 e. The van der Waals surface area contributed by atoms with Crippen LogP contribution < -0.4 is 0 Å². The van der Waals surface area contributed by atoms with Gasteiger partial charge >= 0.3 is 0 Å². The van der Waals surface area contributed by atoms with E-state index in [1.807, 2.05) is 13.2 Å². The lowest BCUT2D eigenvalue weighted by molar-refractivity contribution is 0.0648. The number of hydrogen-bond donors (Lipinski definition) is 1. The van der Waals surface area contributed by atoms with Crippen molar-refractivity contribution in [3.8, 4) is 0 Å². The second-order valence-electron chi connectivity index (χ2n) is 7.93. The molecular formula is C16H29N5O2SSi. The SMILES string of the molecule is CSc1ncc([C@@](C)(CO[Si](C)(C)C(C)(C)C)[C@@H](C)O)c(N=[N+]=[N-])n1. The fourth-order valence-corrected chi connectivity index (χ4v) is 3.38. The Hall–Kier alpha value is -1.12. The van der Waals surface area contributed by atoms with E-state index in [9.17, 15) is 5.11 Å². The highest BCUT2D eigenvalue weighted by Crippen LogP contribution is 2.40. The van der Waals surface area contributed by atoms with Crippen molar-refractivity contribution in [3.05, 3.63) is 22.2 Å². The molecule has 0 aliphatic rings. The zero-order chi connectivity index (χ0) is 19.5. The van der Waals surface area contributed by atoms with Crippen molar-refractivity contribution >= 4 is 25.9 Å². The Morgan fingerprint density at radius 1 is 1.40 bits per heavy atom. The zero-order valence-corrected chi connectivity index (χ0v) is 18.2. The van der Waals surface area contributed by atoms with Crippen molar-refractivity contribution < 1.29 is 9.53 Å². The molecule has 0 aliphatic heterocycles. The monoisotopic (exact) mass is 383 g/mol. The number of aromatic nitrogens is 2. The highest BCUT2D eigenvalue weighted by atomic mass is 32.2. The summed E-state index contributed by atoms with van der Waals surface area (Å²) in [5, 5.41) is 14.8. The maximum atomic E-state index is 10.5. The predicted octanol–water partition coefficient (Wildman–Crippen LogP) is 4.80. The smallest absolute Gasteiger partial charge is 0.192 e. The molecule has 0 radical (unpaired) electrons. The summed E-state index contributed by atoms with van der Waals surface area (Å²) in [6.45, 7) is 14.7. The Morgan fingerprint density at radius 2 is 2.00 bits per heavy atom. The molecule has 0 bridgehead atoms. The Bertz CT molecular complexity index is 656. The van der Waals surface area contributed by atoms with Gasteiger partial charge in [-0.1, -0.05) is 39.5 Å². The average Bonchev–Trinajstić information content (AvgIpc) is 2.51. The molecule has 1 N–H and O–H groups in total. The minimum atomic E-state index is -2.01. The van der Waals surface area contributed by atoms with Gasteiger partial charge in [0.05, 0.1) is 6.10 Å². The van der Waals surface area contributed by atoms with Gasteiger partial charge in [-0.2, -0.15) is 0 Å². The molecule has 25 heavy (non-hydrogen) atoms. The van der Waals surface area contributed by atoms with Gasteiger partial charge in [0.25, 0.3) is 0 Å². The van der Waals surface area contributed by atoms with Gasteiger partial charge in [0.1, 0.15) is 5.82 Å².